The molecule has 0 aliphatic heterocycles. The minimum atomic E-state index is -0.321. The van der Waals surface area contributed by atoms with Crippen molar-refractivity contribution in [3.05, 3.63) is 12.7 Å². The van der Waals surface area contributed by atoms with E-state index in [9.17, 15) is 9.59 Å². The molecule has 4 nitrogen and oxygen atoms in total. The zero-order valence-electron chi connectivity index (χ0n) is 10.3. The van der Waals surface area contributed by atoms with Crippen LogP contribution in [0.25, 0.3) is 0 Å². The van der Waals surface area contributed by atoms with Gasteiger partial charge in [0.1, 0.15) is 6.10 Å². The Labute approximate surface area is 97.1 Å². The first-order chi connectivity index (χ1) is 7.51. The summed E-state index contributed by atoms with van der Waals surface area (Å²) >= 11 is 0. The lowest BCUT2D eigenvalue weighted by Gasteiger charge is -2.26. The largest absolute Gasteiger partial charge is 0.460 e. The van der Waals surface area contributed by atoms with E-state index in [0.717, 1.165) is 12.8 Å². The van der Waals surface area contributed by atoms with Crippen LogP contribution in [0, 0.1) is 0 Å². The van der Waals surface area contributed by atoms with E-state index in [4.69, 9.17) is 4.74 Å². The first-order valence-corrected chi connectivity index (χ1v) is 5.56. The van der Waals surface area contributed by atoms with Gasteiger partial charge in [-0.2, -0.15) is 0 Å². The van der Waals surface area contributed by atoms with Gasteiger partial charge in [-0.3, -0.25) is 9.59 Å². The number of carbonyl (C=O) groups is 2. The van der Waals surface area contributed by atoms with Crippen molar-refractivity contribution in [2.75, 3.05) is 0 Å². The molecule has 2 atom stereocenters. The van der Waals surface area contributed by atoms with Crippen molar-refractivity contribution in [3.8, 4) is 0 Å². The van der Waals surface area contributed by atoms with Crippen LogP contribution in [0.15, 0.2) is 12.7 Å². The molecular formula is C12H21NO3. The summed E-state index contributed by atoms with van der Waals surface area (Å²) in [4.78, 5) is 22.0. The minimum absolute atomic E-state index is 0.125. The van der Waals surface area contributed by atoms with Gasteiger partial charge in [0.15, 0.2) is 0 Å². The van der Waals surface area contributed by atoms with Crippen molar-refractivity contribution in [1.29, 1.82) is 0 Å². The molecule has 0 bridgehead atoms. The van der Waals surface area contributed by atoms with Gasteiger partial charge < -0.3 is 10.1 Å². The number of rotatable bonds is 7. The molecule has 4 heteroatoms. The molecule has 0 fully saturated rings. The van der Waals surface area contributed by atoms with Crippen LogP contribution in [0.3, 0.4) is 0 Å². The predicted molar refractivity (Wildman–Crippen MR) is 62.9 cm³/mol. The van der Waals surface area contributed by atoms with Crippen LogP contribution in [0.5, 0.6) is 0 Å². The maximum absolute atomic E-state index is 11.0. The van der Waals surface area contributed by atoms with Crippen molar-refractivity contribution >= 4 is 11.9 Å². The predicted octanol–water partition coefficient (Wildman–Crippen LogP) is 1.80. The number of nitrogens with one attached hydrogen (secondary N) is 1. The van der Waals surface area contributed by atoms with Gasteiger partial charge in [0, 0.05) is 13.8 Å². The average molecular weight is 227 g/mol. The molecule has 0 heterocycles. The lowest BCUT2D eigenvalue weighted by atomic mass is 10.0. The maximum Gasteiger partial charge on any atom is 0.302 e. The SMILES string of the molecule is C=CC[C@H](NC(C)=O)[C@@H](CCC)OC(C)=O. The van der Waals surface area contributed by atoms with Crippen molar-refractivity contribution in [2.45, 2.75) is 52.2 Å². The van der Waals surface area contributed by atoms with Crippen LogP contribution in [0.4, 0.5) is 0 Å². The number of esters is 1. The Kier molecular flexibility index (Phi) is 7.25. The summed E-state index contributed by atoms with van der Waals surface area (Å²) in [5, 5.41) is 2.78. The van der Waals surface area contributed by atoms with Crippen molar-refractivity contribution in [1.82, 2.24) is 5.32 Å². The van der Waals surface area contributed by atoms with E-state index in [0.29, 0.717) is 6.42 Å². The number of hydrogen-bond donors (Lipinski definition) is 1. The van der Waals surface area contributed by atoms with Gasteiger partial charge in [-0.15, -0.1) is 6.58 Å². The Hall–Kier alpha value is -1.32. The van der Waals surface area contributed by atoms with Gasteiger partial charge >= 0.3 is 5.97 Å². The summed E-state index contributed by atoms with van der Waals surface area (Å²) in [5.74, 6) is -0.446. The monoisotopic (exact) mass is 227 g/mol. The van der Waals surface area contributed by atoms with E-state index in [1.807, 2.05) is 6.92 Å². The van der Waals surface area contributed by atoms with Crippen LogP contribution >= 0.6 is 0 Å². The zero-order chi connectivity index (χ0) is 12.6. The topological polar surface area (TPSA) is 55.4 Å². The van der Waals surface area contributed by atoms with E-state index in [2.05, 4.69) is 11.9 Å². The lowest BCUT2D eigenvalue weighted by Crippen LogP contribution is -2.44. The molecule has 0 aliphatic carbocycles. The van der Waals surface area contributed by atoms with E-state index in [1.165, 1.54) is 13.8 Å². The molecule has 92 valence electrons. The minimum Gasteiger partial charge on any atom is -0.460 e. The van der Waals surface area contributed by atoms with E-state index in [1.54, 1.807) is 6.08 Å². The summed E-state index contributed by atoms with van der Waals surface area (Å²) in [6, 6.07) is -0.182. The van der Waals surface area contributed by atoms with Gasteiger partial charge in [0.2, 0.25) is 5.91 Å². The van der Waals surface area contributed by atoms with Gasteiger partial charge in [-0.1, -0.05) is 19.4 Å². The van der Waals surface area contributed by atoms with Crippen molar-refractivity contribution < 1.29 is 14.3 Å². The van der Waals surface area contributed by atoms with Crippen LogP contribution < -0.4 is 5.32 Å². The Bertz CT molecular complexity index is 251. The fourth-order valence-corrected chi connectivity index (χ4v) is 1.58. The van der Waals surface area contributed by atoms with E-state index < -0.39 is 0 Å². The third kappa shape index (κ3) is 6.22. The molecule has 1 amide bonds. The summed E-state index contributed by atoms with van der Waals surface area (Å²) in [7, 11) is 0. The molecule has 0 saturated carbocycles. The first kappa shape index (κ1) is 14.7. The second-order valence-electron chi connectivity index (χ2n) is 3.77. The second-order valence-corrected chi connectivity index (χ2v) is 3.77. The molecule has 0 aromatic carbocycles. The highest BCUT2D eigenvalue weighted by molar-refractivity contribution is 5.73. The number of carbonyl (C=O) groups excluding carboxylic acids is 2. The fourth-order valence-electron chi connectivity index (χ4n) is 1.58. The van der Waals surface area contributed by atoms with Crippen LogP contribution in [0.2, 0.25) is 0 Å². The zero-order valence-corrected chi connectivity index (χ0v) is 10.3. The number of hydrogen-bond acceptors (Lipinski definition) is 3. The third-order valence-corrected chi connectivity index (χ3v) is 2.15. The Balaban J connectivity index is 4.55. The van der Waals surface area contributed by atoms with Crippen LogP contribution in [-0.4, -0.2) is 24.0 Å². The molecular weight excluding hydrogens is 206 g/mol. The van der Waals surface area contributed by atoms with Gasteiger partial charge in [0.25, 0.3) is 0 Å². The van der Waals surface area contributed by atoms with Crippen molar-refractivity contribution in [2.24, 2.45) is 0 Å². The molecule has 0 aromatic heterocycles. The fraction of sp³-hybridized carbons (Fsp3) is 0.667. The number of ether oxygens (including phenoxy) is 1. The highest BCUT2D eigenvalue weighted by Crippen LogP contribution is 2.11. The highest BCUT2D eigenvalue weighted by atomic mass is 16.5. The van der Waals surface area contributed by atoms with E-state index in [-0.39, 0.29) is 24.0 Å². The Morgan fingerprint density at radius 3 is 2.44 bits per heavy atom. The van der Waals surface area contributed by atoms with Gasteiger partial charge in [-0.05, 0) is 12.8 Å². The molecule has 0 rings (SSSR count). The molecule has 0 spiro atoms. The summed E-state index contributed by atoms with van der Waals surface area (Å²) < 4.78 is 5.20. The molecule has 0 saturated heterocycles. The molecule has 0 aromatic rings. The highest BCUT2D eigenvalue weighted by Gasteiger charge is 2.23. The lowest BCUT2D eigenvalue weighted by molar-refractivity contribution is -0.149. The van der Waals surface area contributed by atoms with Gasteiger partial charge in [0.05, 0.1) is 6.04 Å². The van der Waals surface area contributed by atoms with Crippen LogP contribution in [-0.2, 0) is 14.3 Å². The first-order valence-electron chi connectivity index (χ1n) is 5.56. The standard InChI is InChI=1S/C12H21NO3/c1-5-7-11(13-9(3)14)12(8-6-2)16-10(4)15/h5,11-12H,1,6-8H2,2-4H3,(H,13,14)/t11-,12+/m0/s1. The van der Waals surface area contributed by atoms with E-state index >= 15 is 0 Å². The molecule has 0 aliphatic rings. The molecule has 1 N–H and O–H groups in total. The second kappa shape index (κ2) is 7.91. The number of amides is 1. The average Bonchev–Trinajstić information content (AvgIpc) is 2.15. The molecule has 0 radical (unpaired) electrons. The summed E-state index contributed by atoms with van der Waals surface area (Å²) in [6.07, 6.45) is 3.66. The van der Waals surface area contributed by atoms with Gasteiger partial charge in [-0.25, -0.2) is 0 Å². The summed E-state index contributed by atoms with van der Waals surface area (Å²) in [6.45, 7) is 8.47. The smallest absolute Gasteiger partial charge is 0.302 e. The third-order valence-electron chi connectivity index (χ3n) is 2.15. The van der Waals surface area contributed by atoms with Crippen LogP contribution in [0.1, 0.15) is 40.0 Å². The quantitative estimate of drug-likeness (QED) is 0.533. The molecule has 0 unspecified atom stereocenters. The normalized spacial score (nSPS) is 13.7. The maximum atomic E-state index is 11.0. The Morgan fingerprint density at radius 1 is 1.44 bits per heavy atom. The van der Waals surface area contributed by atoms with Crippen molar-refractivity contribution in [3.63, 3.8) is 0 Å². The Morgan fingerprint density at radius 2 is 2.06 bits per heavy atom. The molecule has 16 heavy (non-hydrogen) atoms. The summed E-state index contributed by atoms with van der Waals surface area (Å²) in [5.41, 5.74) is 0.